The van der Waals surface area contributed by atoms with E-state index in [9.17, 15) is 0 Å². The number of hydrogen-bond donors (Lipinski definition) is 1. The Labute approximate surface area is 95.5 Å². The first-order valence-electron chi connectivity index (χ1n) is 6.14. The summed E-state index contributed by atoms with van der Waals surface area (Å²) in [5, 5.41) is 6.44. The van der Waals surface area contributed by atoms with Crippen molar-refractivity contribution in [2.24, 2.45) is 5.92 Å². The van der Waals surface area contributed by atoms with E-state index in [0.717, 1.165) is 17.9 Å². The molecule has 1 saturated carbocycles. The summed E-state index contributed by atoms with van der Waals surface area (Å²) >= 11 is 0. The van der Waals surface area contributed by atoms with Crippen LogP contribution in [0, 0.1) is 5.92 Å². The lowest BCUT2D eigenvalue weighted by molar-refractivity contribution is 0.305. The zero-order valence-electron chi connectivity index (χ0n) is 9.19. The second kappa shape index (κ2) is 3.08. The van der Waals surface area contributed by atoms with Crippen LogP contribution >= 0.6 is 0 Å². The molecule has 3 atom stereocenters. The molecule has 2 aliphatic heterocycles. The van der Waals surface area contributed by atoms with E-state index in [-0.39, 0.29) is 0 Å². The van der Waals surface area contributed by atoms with Crippen molar-refractivity contribution in [2.45, 2.75) is 18.4 Å². The second-order valence-electron chi connectivity index (χ2n) is 5.10. The van der Waals surface area contributed by atoms with E-state index >= 15 is 0 Å². The van der Waals surface area contributed by atoms with Crippen molar-refractivity contribution >= 4 is 10.8 Å². The fourth-order valence-electron chi connectivity index (χ4n) is 3.49. The third kappa shape index (κ3) is 1.04. The molecule has 1 aliphatic carbocycles. The molecule has 1 heteroatoms. The highest BCUT2D eigenvalue weighted by molar-refractivity contribution is 5.86. The molecule has 2 aromatic rings. The van der Waals surface area contributed by atoms with Gasteiger partial charge in [0.25, 0.3) is 0 Å². The SMILES string of the molecule is c1ccc2c(C3C4CNC3C4)cccc2c1. The maximum atomic E-state index is 3.61. The van der Waals surface area contributed by atoms with Crippen LogP contribution in [-0.2, 0) is 0 Å². The van der Waals surface area contributed by atoms with Gasteiger partial charge in [-0.05, 0) is 35.2 Å². The van der Waals surface area contributed by atoms with Gasteiger partial charge in [0.1, 0.15) is 0 Å². The molecular weight excluding hydrogens is 194 g/mol. The van der Waals surface area contributed by atoms with Crippen LogP contribution in [0.25, 0.3) is 10.8 Å². The smallest absolute Gasteiger partial charge is 0.0143 e. The van der Waals surface area contributed by atoms with Gasteiger partial charge >= 0.3 is 0 Å². The van der Waals surface area contributed by atoms with Crippen LogP contribution in [0.4, 0.5) is 0 Å². The van der Waals surface area contributed by atoms with Crippen LogP contribution in [0.15, 0.2) is 42.5 Å². The second-order valence-corrected chi connectivity index (χ2v) is 5.10. The van der Waals surface area contributed by atoms with Crippen molar-refractivity contribution in [3.63, 3.8) is 0 Å². The summed E-state index contributed by atoms with van der Waals surface area (Å²) in [5.41, 5.74) is 1.56. The molecule has 2 heterocycles. The molecule has 5 rings (SSSR count). The molecule has 3 fully saturated rings. The van der Waals surface area contributed by atoms with Gasteiger partial charge < -0.3 is 5.32 Å². The molecular formula is C15H15N. The molecule has 0 spiro atoms. The zero-order valence-corrected chi connectivity index (χ0v) is 9.19. The van der Waals surface area contributed by atoms with Crippen LogP contribution < -0.4 is 5.32 Å². The standard InChI is InChI=1S/C15H15N/c1-2-6-12-10(4-1)5-3-7-13(12)15-11-8-14(15)16-9-11/h1-7,11,14-16H,8-9H2. The molecule has 0 amide bonds. The number of hydrogen-bond acceptors (Lipinski definition) is 1. The van der Waals surface area contributed by atoms with Gasteiger partial charge in [0, 0.05) is 12.0 Å². The molecule has 2 bridgehead atoms. The fraction of sp³-hybridized carbons (Fsp3) is 0.333. The largest absolute Gasteiger partial charge is 0.313 e. The molecule has 2 saturated heterocycles. The van der Waals surface area contributed by atoms with Crippen LogP contribution in [-0.4, -0.2) is 12.6 Å². The van der Waals surface area contributed by atoms with Gasteiger partial charge in [0.15, 0.2) is 0 Å². The lowest BCUT2D eigenvalue weighted by atomic mass is 9.69. The Morgan fingerprint density at radius 2 is 1.88 bits per heavy atom. The van der Waals surface area contributed by atoms with Gasteiger partial charge in [-0.1, -0.05) is 42.5 Å². The third-order valence-corrected chi connectivity index (χ3v) is 4.32. The molecule has 3 aliphatic rings. The van der Waals surface area contributed by atoms with Crippen molar-refractivity contribution in [3.8, 4) is 0 Å². The Kier molecular flexibility index (Phi) is 1.69. The Bertz CT molecular complexity index is 527. The first-order valence-corrected chi connectivity index (χ1v) is 6.14. The number of fused-ring (bicyclic) bond motifs is 2. The molecule has 1 nitrogen and oxygen atoms in total. The van der Waals surface area contributed by atoms with Gasteiger partial charge in [-0.2, -0.15) is 0 Å². The summed E-state index contributed by atoms with van der Waals surface area (Å²) < 4.78 is 0. The molecule has 1 N–H and O–H groups in total. The van der Waals surface area contributed by atoms with Crippen molar-refractivity contribution in [1.29, 1.82) is 0 Å². The summed E-state index contributed by atoms with van der Waals surface area (Å²) in [6.45, 7) is 1.22. The minimum atomic E-state index is 0.746. The lowest BCUT2D eigenvalue weighted by Crippen LogP contribution is -2.34. The third-order valence-electron chi connectivity index (χ3n) is 4.32. The zero-order chi connectivity index (χ0) is 10.5. The number of nitrogens with one attached hydrogen (secondary N) is 1. The summed E-state index contributed by atoms with van der Waals surface area (Å²) in [7, 11) is 0. The van der Waals surface area contributed by atoms with Crippen molar-refractivity contribution in [3.05, 3.63) is 48.0 Å². The first kappa shape index (κ1) is 8.77. The summed E-state index contributed by atoms with van der Waals surface area (Å²) in [5.74, 6) is 1.65. The van der Waals surface area contributed by atoms with Gasteiger partial charge in [-0.25, -0.2) is 0 Å². The van der Waals surface area contributed by atoms with E-state index < -0.39 is 0 Å². The Morgan fingerprint density at radius 3 is 2.69 bits per heavy atom. The molecule has 3 unspecified atom stereocenters. The Balaban J connectivity index is 1.91. The van der Waals surface area contributed by atoms with E-state index in [1.54, 1.807) is 5.56 Å². The quantitative estimate of drug-likeness (QED) is 0.761. The molecule has 0 radical (unpaired) electrons. The maximum absolute atomic E-state index is 3.61. The fourth-order valence-corrected chi connectivity index (χ4v) is 3.49. The molecule has 80 valence electrons. The summed E-state index contributed by atoms with van der Waals surface area (Å²) in [4.78, 5) is 0. The van der Waals surface area contributed by atoms with E-state index in [4.69, 9.17) is 0 Å². The van der Waals surface area contributed by atoms with Crippen LogP contribution in [0.3, 0.4) is 0 Å². The van der Waals surface area contributed by atoms with E-state index in [2.05, 4.69) is 47.8 Å². The minimum absolute atomic E-state index is 0.746. The average molecular weight is 209 g/mol. The molecule has 0 aromatic heterocycles. The highest BCUT2D eigenvalue weighted by atomic mass is 15.0. The maximum Gasteiger partial charge on any atom is 0.0143 e. The Morgan fingerprint density at radius 1 is 1.00 bits per heavy atom. The van der Waals surface area contributed by atoms with E-state index in [0.29, 0.717) is 0 Å². The Hall–Kier alpha value is -1.34. The van der Waals surface area contributed by atoms with Crippen molar-refractivity contribution in [1.82, 2.24) is 5.32 Å². The normalized spacial score (nSPS) is 31.6. The van der Waals surface area contributed by atoms with Crippen LogP contribution in [0.1, 0.15) is 17.9 Å². The summed E-state index contributed by atoms with van der Waals surface area (Å²) in [6, 6.07) is 16.2. The van der Waals surface area contributed by atoms with Crippen molar-refractivity contribution in [2.75, 3.05) is 6.54 Å². The van der Waals surface area contributed by atoms with Crippen molar-refractivity contribution < 1.29 is 0 Å². The predicted molar refractivity (Wildman–Crippen MR) is 66.6 cm³/mol. The van der Waals surface area contributed by atoms with E-state index in [1.807, 2.05) is 0 Å². The molecule has 16 heavy (non-hydrogen) atoms. The van der Waals surface area contributed by atoms with Gasteiger partial charge in [0.05, 0.1) is 0 Å². The highest BCUT2D eigenvalue weighted by Gasteiger charge is 2.47. The topological polar surface area (TPSA) is 12.0 Å². The van der Waals surface area contributed by atoms with Gasteiger partial charge in [-0.3, -0.25) is 0 Å². The predicted octanol–water partition coefficient (Wildman–Crippen LogP) is 2.92. The number of rotatable bonds is 1. The highest BCUT2D eigenvalue weighted by Crippen LogP contribution is 2.48. The van der Waals surface area contributed by atoms with Crippen LogP contribution in [0.2, 0.25) is 0 Å². The summed E-state index contributed by atoms with van der Waals surface area (Å²) in [6.07, 6.45) is 1.38. The van der Waals surface area contributed by atoms with E-state index in [1.165, 1.54) is 23.7 Å². The first-order chi connectivity index (χ1) is 7.93. The monoisotopic (exact) mass is 209 g/mol. The average Bonchev–Trinajstić information content (AvgIpc) is 2.92. The van der Waals surface area contributed by atoms with Gasteiger partial charge in [-0.15, -0.1) is 0 Å². The minimum Gasteiger partial charge on any atom is -0.313 e. The van der Waals surface area contributed by atoms with Gasteiger partial charge in [0.2, 0.25) is 0 Å². The molecule has 2 aromatic carbocycles. The van der Waals surface area contributed by atoms with Crippen LogP contribution in [0.5, 0.6) is 0 Å². The number of benzene rings is 2. The lowest BCUT2D eigenvalue weighted by Gasteiger charge is -2.35.